The van der Waals surface area contributed by atoms with E-state index in [9.17, 15) is 13.2 Å². The van der Waals surface area contributed by atoms with E-state index in [1.165, 1.54) is 16.4 Å². The van der Waals surface area contributed by atoms with Gasteiger partial charge < -0.3 is 14.5 Å². The summed E-state index contributed by atoms with van der Waals surface area (Å²) in [4.78, 5) is 22.0. The molecule has 0 unspecified atom stereocenters. The number of thiazole rings is 1. The van der Waals surface area contributed by atoms with Gasteiger partial charge in [0.25, 0.3) is 5.91 Å². The molecule has 1 amide bonds. The number of fused-ring (bicyclic) bond motifs is 1. The Balaban J connectivity index is 1.21. The quantitative estimate of drug-likeness (QED) is 0.354. The highest BCUT2D eigenvalue weighted by molar-refractivity contribution is 7.89. The van der Waals surface area contributed by atoms with Gasteiger partial charge in [0.1, 0.15) is 5.75 Å². The molecular formula is C27H28N4O4S2. The van der Waals surface area contributed by atoms with Crippen LogP contribution >= 0.6 is 11.3 Å². The van der Waals surface area contributed by atoms with Crippen molar-refractivity contribution in [3.05, 3.63) is 83.9 Å². The summed E-state index contributed by atoms with van der Waals surface area (Å²) >= 11 is 1.62. The topological polar surface area (TPSA) is 83.0 Å². The van der Waals surface area contributed by atoms with Gasteiger partial charge in [0, 0.05) is 45.3 Å². The number of carbonyl (C=O) groups excluding carboxylic acids is 1. The fraction of sp³-hybridized carbons (Fsp3) is 0.259. The minimum atomic E-state index is -3.67. The third-order valence-corrected chi connectivity index (χ3v) is 9.38. The molecule has 0 saturated carbocycles. The Morgan fingerprint density at radius 2 is 1.70 bits per heavy atom. The van der Waals surface area contributed by atoms with Crippen molar-refractivity contribution in [2.75, 3.05) is 45.2 Å². The van der Waals surface area contributed by atoms with Crippen LogP contribution < -0.4 is 9.64 Å². The molecule has 1 aromatic heterocycles. The van der Waals surface area contributed by atoms with E-state index in [2.05, 4.69) is 4.90 Å². The summed E-state index contributed by atoms with van der Waals surface area (Å²) in [7, 11) is -0.463. The fourth-order valence-corrected chi connectivity index (χ4v) is 6.52. The van der Waals surface area contributed by atoms with E-state index >= 15 is 0 Å². The van der Waals surface area contributed by atoms with E-state index in [0.29, 0.717) is 31.7 Å². The number of ether oxygens (including phenoxy) is 1. The van der Waals surface area contributed by atoms with Crippen LogP contribution in [0, 0.1) is 0 Å². The predicted octanol–water partition coefficient (Wildman–Crippen LogP) is 4.09. The highest BCUT2D eigenvalue weighted by Gasteiger charge is 2.25. The first-order valence-corrected chi connectivity index (χ1v) is 14.2. The highest BCUT2D eigenvalue weighted by atomic mass is 32.2. The largest absolute Gasteiger partial charge is 0.497 e. The molecule has 10 heteroatoms. The SMILES string of the molecule is COc1ccc2nc(N3CCN(C(=O)c4ccc(S(=O)(=O)N(C)Cc5ccccc5)cc4)CC3)sc2c1. The molecule has 192 valence electrons. The number of benzene rings is 3. The lowest BCUT2D eigenvalue weighted by molar-refractivity contribution is 0.0746. The Bertz CT molecular complexity index is 1500. The van der Waals surface area contributed by atoms with Crippen LogP contribution in [0.1, 0.15) is 15.9 Å². The molecule has 8 nitrogen and oxygen atoms in total. The molecule has 0 atom stereocenters. The smallest absolute Gasteiger partial charge is 0.253 e. The van der Waals surface area contributed by atoms with Crippen LogP contribution in [0.2, 0.25) is 0 Å². The summed E-state index contributed by atoms with van der Waals surface area (Å²) in [6.07, 6.45) is 0. The van der Waals surface area contributed by atoms with E-state index in [1.807, 2.05) is 48.5 Å². The summed E-state index contributed by atoms with van der Waals surface area (Å²) in [6.45, 7) is 2.77. The van der Waals surface area contributed by atoms with Gasteiger partial charge in [-0.15, -0.1) is 0 Å². The van der Waals surface area contributed by atoms with Crippen LogP contribution in [0.4, 0.5) is 5.13 Å². The first kappa shape index (κ1) is 25.2. The number of carbonyl (C=O) groups is 1. The Labute approximate surface area is 220 Å². The number of hydrogen-bond donors (Lipinski definition) is 0. The fourth-order valence-electron chi connectivity index (χ4n) is 4.31. The minimum Gasteiger partial charge on any atom is -0.497 e. The zero-order valence-electron chi connectivity index (χ0n) is 20.7. The second kappa shape index (κ2) is 10.5. The van der Waals surface area contributed by atoms with Gasteiger partial charge in [-0.25, -0.2) is 13.4 Å². The van der Waals surface area contributed by atoms with Crippen LogP contribution in [-0.4, -0.2) is 68.9 Å². The maximum atomic E-state index is 13.1. The van der Waals surface area contributed by atoms with Gasteiger partial charge in [0.2, 0.25) is 10.0 Å². The summed E-state index contributed by atoms with van der Waals surface area (Å²) in [5, 5.41) is 0.935. The number of hydrogen-bond acceptors (Lipinski definition) is 7. The van der Waals surface area contributed by atoms with E-state index in [4.69, 9.17) is 9.72 Å². The molecule has 0 N–H and O–H groups in total. The second-order valence-electron chi connectivity index (χ2n) is 8.88. The number of anilines is 1. The Morgan fingerprint density at radius 3 is 2.38 bits per heavy atom. The van der Waals surface area contributed by atoms with E-state index in [1.54, 1.807) is 42.5 Å². The van der Waals surface area contributed by atoms with Gasteiger partial charge in [-0.1, -0.05) is 41.7 Å². The summed E-state index contributed by atoms with van der Waals surface area (Å²) in [5.41, 5.74) is 2.32. The van der Waals surface area contributed by atoms with Gasteiger partial charge in [0.05, 0.1) is 22.2 Å². The molecule has 1 aliphatic heterocycles. The summed E-state index contributed by atoms with van der Waals surface area (Å²) < 4.78 is 33.7. The Hall–Kier alpha value is -3.47. The van der Waals surface area contributed by atoms with Crippen LogP contribution in [0.25, 0.3) is 10.2 Å². The van der Waals surface area contributed by atoms with Crippen molar-refractivity contribution in [3.8, 4) is 5.75 Å². The zero-order valence-corrected chi connectivity index (χ0v) is 22.3. The van der Waals surface area contributed by atoms with Gasteiger partial charge in [-0.3, -0.25) is 4.79 Å². The standard InChI is InChI=1S/C27H28N4O4S2/c1-29(19-20-6-4-3-5-7-20)37(33,34)23-11-8-21(9-12-23)26(32)30-14-16-31(17-15-30)27-28-24-13-10-22(35-2)18-25(24)36-27/h3-13,18H,14-17,19H2,1-2H3. The van der Waals surface area contributed by atoms with E-state index < -0.39 is 10.0 Å². The predicted molar refractivity (Wildman–Crippen MR) is 146 cm³/mol. The number of methoxy groups -OCH3 is 1. The number of aromatic nitrogens is 1. The van der Waals surface area contributed by atoms with Crippen molar-refractivity contribution in [2.24, 2.45) is 0 Å². The van der Waals surface area contributed by atoms with Crippen molar-refractivity contribution < 1.29 is 17.9 Å². The average Bonchev–Trinajstić information content (AvgIpc) is 3.37. The molecule has 0 spiro atoms. The molecule has 0 radical (unpaired) electrons. The lowest BCUT2D eigenvalue weighted by atomic mass is 10.2. The number of rotatable bonds is 7. The van der Waals surface area contributed by atoms with Crippen LogP contribution in [0.15, 0.2) is 77.7 Å². The van der Waals surface area contributed by atoms with Crippen molar-refractivity contribution in [3.63, 3.8) is 0 Å². The van der Waals surface area contributed by atoms with Crippen molar-refractivity contribution in [1.82, 2.24) is 14.2 Å². The molecule has 1 fully saturated rings. The first-order valence-electron chi connectivity index (χ1n) is 11.9. The molecule has 1 aliphatic rings. The van der Waals surface area contributed by atoms with Crippen LogP contribution in [0.5, 0.6) is 5.75 Å². The third kappa shape index (κ3) is 5.31. The second-order valence-corrected chi connectivity index (χ2v) is 11.9. The summed E-state index contributed by atoms with van der Waals surface area (Å²) in [5.74, 6) is 0.704. The maximum absolute atomic E-state index is 13.1. The third-order valence-electron chi connectivity index (χ3n) is 6.48. The normalized spacial score (nSPS) is 14.4. The number of piperazine rings is 1. The lowest BCUT2D eigenvalue weighted by Gasteiger charge is -2.34. The molecule has 3 aromatic carbocycles. The summed E-state index contributed by atoms with van der Waals surface area (Å²) in [6, 6.07) is 21.5. The molecule has 0 bridgehead atoms. The molecule has 0 aliphatic carbocycles. The van der Waals surface area contributed by atoms with Gasteiger partial charge in [0.15, 0.2) is 5.13 Å². The van der Waals surface area contributed by atoms with E-state index in [0.717, 1.165) is 26.7 Å². The molecule has 1 saturated heterocycles. The average molecular weight is 537 g/mol. The zero-order chi connectivity index (χ0) is 26.0. The Kier molecular flexibility index (Phi) is 7.14. The monoisotopic (exact) mass is 536 g/mol. The maximum Gasteiger partial charge on any atom is 0.253 e. The van der Waals surface area contributed by atoms with Gasteiger partial charge in [-0.05, 0) is 48.0 Å². The Morgan fingerprint density at radius 1 is 1.00 bits per heavy atom. The van der Waals surface area contributed by atoms with Crippen molar-refractivity contribution in [1.29, 1.82) is 0 Å². The van der Waals surface area contributed by atoms with Gasteiger partial charge in [-0.2, -0.15) is 4.31 Å². The van der Waals surface area contributed by atoms with Crippen LogP contribution in [-0.2, 0) is 16.6 Å². The molecule has 4 aromatic rings. The van der Waals surface area contributed by atoms with Crippen LogP contribution in [0.3, 0.4) is 0 Å². The lowest BCUT2D eigenvalue weighted by Crippen LogP contribution is -2.48. The molecule has 2 heterocycles. The molecular weight excluding hydrogens is 508 g/mol. The van der Waals surface area contributed by atoms with Gasteiger partial charge >= 0.3 is 0 Å². The van der Waals surface area contributed by atoms with E-state index in [-0.39, 0.29) is 17.3 Å². The number of nitrogens with zero attached hydrogens (tertiary/aromatic N) is 4. The first-order chi connectivity index (χ1) is 17.8. The minimum absolute atomic E-state index is 0.102. The number of sulfonamides is 1. The van der Waals surface area contributed by atoms with Crippen molar-refractivity contribution in [2.45, 2.75) is 11.4 Å². The van der Waals surface area contributed by atoms with Crippen molar-refractivity contribution >= 4 is 42.6 Å². The number of amides is 1. The molecule has 5 rings (SSSR count). The highest BCUT2D eigenvalue weighted by Crippen LogP contribution is 2.32. The molecule has 37 heavy (non-hydrogen) atoms.